The van der Waals surface area contributed by atoms with Gasteiger partial charge in [-0.3, -0.25) is 4.79 Å². The molecule has 1 amide bonds. The Morgan fingerprint density at radius 3 is 2.94 bits per heavy atom. The summed E-state index contributed by atoms with van der Waals surface area (Å²) in [6.07, 6.45) is 2.99. The molecule has 1 aromatic rings. The number of nitrogens with one attached hydrogen (secondary N) is 1. The zero-order valence-electron chi connectivity index (χ0n) is 10.9. The molecule has 1 aromatic carbocycles. The maximum atomic E-state index is 12.0. The first-order valence-electron chi connectivity index (χ1n) is 5.99. The molecule has 0 saturated heterocycles. The molecule has 0 fully saturated rings. The van der Waals surface area contributed by atoms with Crippen LogP contribution in [0.4, 0.5) is 5.69 Å². The zero-order valence-corrected chi connectivity index (χ0v) is 11.7. The second-order valence-corrected chi connectivity index (χ2v) is 4.74. The van der Waals surface area contributed by atoms with Crippen molar-refractivity contribution in [2.24, 2.45) is 0 Å². The second kappa shape index (κ2) is 7.87. The molecule has 5 heteroatoms. The first-order valence-corrected chi connectivity index (χ1v) is 7.38. The molecular weight excluding hydrogens is 248 g/mol. The summed E-state index contributed by atoms with van der Waals surface area (Å²) in [6.45, 7) is 3.04. The maximum Gasteiger partial charge on any atom is 0.257 e. The van der Waals surface area contributed by atoms with Crippen LogP contribution >= 0.6 is 11.8 Å². The van der Waals surface area contributed by atoms with E-state index in [0.717, 1.165) is 12.2 Å². The van der Waals surface area contributed by atoms with Crippen molar-refractivity contribution < 1.29 is 9.53 Å². The molecule has 4 nitrogen and oxygen atoms in total. The van der Waals surface area contributed by atoms with Gasteiger partial charge in [-0.05, 0) is 37.5 Å². The van der Waals surface area contributed by atoms with Gasteiger partial charge in [0.15, 0.2) is 0 Å². The molecule has 0 bridgehead atoms. The van der Waals surface area contributed by atoms with E-state index < -0.39 is 0 Å². The minimum atomic E-state index is -0.169. The van der Waals surface area contributed by atoms with Gasteiger partial charge in [0, 0.05) is 12.2 Å². The van der Waals surface area contributed by atoms with Gasteiger partial charge in [-0.25, -0.2) is 0 Å². The molecule has 1 rings (SSSR count). The molecule has 3 N–H and O–H groups in total. The minimum absolute atomic E-state index is 0.169. The Bertz CT molecular complexity index is 397. The van der Waals surface area contributed by atoms with Crippen LogP contribution in [0.2, 0.25) is 0 Å². The van der Waals surface area contributed by atoms with E-state index in [-0.39, 0.29) is 5.91 Å². The fraction of sp³-hybridized carbons (Fsp3) is 0.462. The lowest BCUT2D eigenvalue weighted by molar-refractivity contribution is 0.0951. The average Bonchev–Trinajstić information content (AvgIpc) is 2.35. The van der Waals surface area contributed by atoms with Crippen LogP contribution in [0.25, 0.3) is 0 Å². The van der Waals surface area contributed by atoms with Gasteiger partial charge in [0.2, 0.25) is 0 Å². The summed E-state index contributed by atoms with van der Waals surface area (Å²) >= 11 is 1.76. The number of carbonyl (C=O) groups is 1. The van der Waals surface area contributed by atoms with Crippen LogP contribution in [0, 0.1) is 0 Å². The number of carbonyl (C=O) groups excluding carboxylic acids is 1. The molecule has 0 heterocycles. The Morgan fingerprint density at radius 1 is 1.50 bits per heavy atom. The highest BCUT2D eigenvalue weighted by molar-refractivity contribution is 7.98. The van der Waals surface area contributed by atoms with E-state index in [1.165, 1.54) is 0 Å². The summed E-state index contributed by atoms with van der Waals surface area (Å²) < 4.78 is 5.42. The van der Waals surface area contributed by atoms with Crippen LogP contribution in [-0.4, -0.2) is 31.1 Å². The van der Waals surface area contributed by atoms with E-state index in [2.05, 4.69) is 5.32 Å². The normalized spacial score (nSPS) is 10.1. The third kappa shape index (κ3) is 4.14. The summed E-state index contributed by atoms with van der Waals surface area (Å²) in [5.41, 5.74) is 6.72. The van der Waals surface area contributed by atoms with Gasteiger partial charge in [-0.1, -0.05) is 6.07 Å². The Labute approximate surface area is 112 Å². The molecular formula is C13H20N2O2S. The van der Waals surface area contributed by atoms with Gasteiger partial charge >= 0.3 is 0 Å². The van der Waals surface area contributed by atoms with Crippen molar-refractivity contribution in [1.29, 1.82) is 0 Å². The van der Waals surface area contributed by atoms with Crippen LogP contribution in [0.3, 0.4) is 0 Å². The fourth-order valence-electron chi connectivity index (χ4n) is 1.57. The number of hydrogen-bond acceptors (Lipinski definition) is 4. The highest BCUT2D eigenvalue weighted by Crippen LogP contribution is 2.24. The first kappa shape index (κ1) is 14.7. The number of amides is 1. The van der Waals surface area contributed by atoms with Crippen molar-refractivity contribution in [3.63, 3.8) is 0 Å². The van der Waals surface area contributed by atoms with Gasteiger partial charge in [0.25, 0.3) is 5.91 Å². The van der Waals surface area contributed by atoms with Gasteiger partial charge in [0.05, 0.1) is 6.61 Å². The van der Waals surface area contributed by atoms with Crippen LogP contribution in [0.1, 0.15) is 23.7 Å². The van der Waals surface area contributed by atoms with Gasteiger partial charge in [-0.15, -0.1) is 0 Å². The third-order valence-electron chi connectivity index (χ3n) is 2.40. The largest absolute Gasteiger partial charge is 0.493 e. The zero-order chi connectivity index (χ0) is 13.4. The molecule has 0 aromatic heterocycles. The fourth-order valence-corrected chi connectivity index (χ4v) is 2.01. The third-order valence-corrected chi connectivity index (χ3v) is 3.09. The minimum Gasteiger partial charge on any atom is -0.493 e. The summed E-state index contributed by atoms with van der Waals surface area (Å²) in [5.74, 6) is 1.40. The van der Waals surface area contributed by atoms with Crippen molar-refractivity contribution in [1.82, 2.24) is 5.32 Å². The first-order chi connectivity index (χ1) is 8.70. The van der Waals surface area contributed by atoms with Gasteiger partial charge in [0.1, 0.15) is 11.3 Å². The van der Waals surface area contributed by atoms with E-state index in [1.807, 2.05) is 13.2 Å². The van der Waals surface area contributed by atoms with E-state index in [4.69, 9.17) is 10.5 Å². The van der Waals surface area contributed by atoms with Crippen LogP contribution < -0.4 is 15.8 Å². The molecule has 0 aliphatic heterocycles. The lowest BCUT2D eigenvalue weighted by atomic mass is 10.1. The lowest BCUT2D eigenvalue weighted by Gasteiger charge is -2.12. The number of anilines is 1. The van der Waals surface area contributed by atoms with Crippen LogP contribution in [-0.2, 0) is 0 Å². The van der Waals surface area contributed by atoms with E-state index in [9.17, 15) is 4.79 Å². The van der Waals surface area contributed by atoms with Gasteiger partial charge in [-0.2, -0.15) is 11.8 Å². The molecule has 0 radical (unpaired) electrons. The maximum absolute atomic E-state index is 12.0. The molecule has 18 heavy (non-hydrogen) atoms. The van der Waals surface area contributed by atoms with E-state index in [0.29, 0.717) is 30.2 Å². The highest BCUT2D eigenvalue weighted by Gasteiger charge is 2.15. The van der Waals surface area contributed by atoms with Crippen molar-refractivity contribution in [3.05, 3.63) is 23.8 Å². The average molecular weight is 268 g/mol. The summed E-state index contributed by atoms with van der Waals surface area (Å²) in [7, 11) is 0. The van der Waals surface area contributed by atoms with Gasteiger partial charge < -0.3 is 15.8 Å². The summed E-state index contributed by atoms with van der Waals surface area (Å²) in [5, 5.41) is 2.86. The molecule has 0 spiro atoms. The Balaban J connectivity index is 2.71. The number of nitrogens with two attached hydrogens (primary N) is 1. The SMILES string of the molecule is CCOc1cccc(N)c1C(=O)NCCCSC. The van der Waals surface area contributed by atoms with Crippen molar-refractivity contribution >= 4 is 23.4 Å². The van der Waals surface area contributed by atoms with Crippen LogP contribution in [0.5, 0.6) is 5.75 Å². The Morgan fingerprint density at radius 2 is 2.28 bits per heavy atom. The predicted octanol–water partition coefficient (Wildman–Crippen LogP) is 2.15. The molecule has 100 valence electrons. The standard InChI is InChI=1S/C13H20N2O2S/c1-3-17-11-7-4-6-10(14)12(11)13(16)15-8-5-9-18-2/h4,6-7H,3,5,8-9,14H2,1-2H3,(H,15,16). The number of benzene rings is 1. The monoisotopic (exact) mass is 268 g/mol. The second-order valence-electron chi connectivity index (χ2n) is 3.76. The number of rotatable bonds is 7. The van der Waals surface area contributed by atoms with Crippen molar-refractivity contribution in [2.75, 3.05) is 30.9 Å². The van der Waals surface area contributed by atoms with Crippen molar-refractivity contribution in [2.45, 2.75) is 13.3 Å². The molecule has 0 unspecified atom stereocenters. The topological polar surface area (TPSA) is 64.3 Å². The Kier molecular flexibility index (Phi) is 6.43. The summed E-state index contributed by atoms with van der Waals surface area (Å²) in [6, 6.07) is 5.25. The number of thioether (sulfide) groups is 1. The van der Waals surface area contributed by atoms with Crippen molar-refractivity contribution in [3.8, 4) is 5.75 Å². The van der Waals surface area contributed by atoms with Crippen LogP contribution in [0.15, 0.2) is 18.2 Å². The number of nitrogen functional groups attached to an aromatic ring is 1. The number of hydrogen-bond donors (Lipinski definition) is 2. The predicted molar refractivity (Wildman–Crippen MR) is 77.4 cm³/mol. The van der Waals surface area contributed by atoms with E-state index >= 15 is 0 Å². The highest BCUT2D eigenvalue weighted by atomic mass is 32.2. The lowest BCUT2D eigenvalue weighted by Crippen LogP contribution is -2.26. The van der Waals surface area contributed by atoms with E-state index in [1.54, 1.807) is 30.0 Å². The smallest absolute Gasteiger partial charge is 0.257 e. The molecule has 0 aliphatic carbocycles. The quantitative estimate of drug-likeness (QED) is 0.587. The summed E-state index contributed by atoms with van der Waals surface area (Å²) in [4.78, 5) is 12.0. The number of ether oxygens (including phenoxy) is 1. The molecule has 0 aliphatic rings. The molecule has 0 saturated carbocycles. The Hall–Kier alpha value is -1.36. The molecule has 0 atom stereocenters.